The number of hydrogen-bond donors (Lipinski definition) is 1. The van der Waals surface area contributed by atoms with Crippen molar-refractivity contribution in [3.05, 3.63) is 12.2 Å². The molecule has 0 bridgehead atoms. The lowest BCUT2D eigenvalue weighted by molar-refractivity contribution is 0.115. The zero-order chi connectivity index (χ0) is 8.15. The Morgan fingerprint density at radius 2 is 2.10 bits per heavy atom. The summed E-state index contributed by atoms with van der Waals surface area (Å²) in [6.07, 6.45) is -1.47. The minimum absolute atomic E-state index is 0.230. The van der Waals surface area contributed by atoms with Gasteiger partial charge in [-0.05, 0) is 12.8 Å². The van der Waals surface area contributed by atoms with E-state index in [0.717, 1.165) is 12.0 Å². The summed E-state index contributed by atoms with van der Waals surface area (Å²) in [4.78, 5) is 0. The van der Waals surface area contributed by atoms with E-state index >= 15 is 0 Å². The van der Waals surface area contributed by atoms with E-state index in [1.54, 1.807) is 0 Å². The molecular weight excluding hydrogens is 136 g/mol. The summed E-state index contributed by atoms with van der Waals surface area (Å²) in [6.45, 7) is 5.46. The monoisotopic (exact) mass is 149 g/mol. The zero-order valence-electron chi connectivity index (χ0n) is 6.11. The SMILES string of the molecule is C=C(CC)CC(N)C(F)F. The van der Waals surface area contributed by atoms with Gasteiger partial charge in [0.1, 0.15) is 0 Å². The van der Waals surface area contributed by atoms with Crippen molar-refractivity contribution in [1.29, 1.82) is 0 Å². The van der Waals surface area contributed by atoms with Crippen LogP contribution in [0, 0.1) is 0 Å². The standard InChI is InChI=1S/C7H13F2N/c1-3-5(2)4-6(10)7(8)9/h6-7H,2-4,10H2,1H3. The summed E-state index contributed by atoms with van der Waals surface area (Å²) in [5, 5.41) is 0. The molecule has 0 aliphatic carbocycles. The maximum absolute atomic E-state index is 11.8. The van der Waals surface area contributed by atoms with Crippen LogP contribution in [0.2, 0.25) is 0 Å². The fourth-order valence-electron chi connectivity index (χ4n) is 0.567. The van der Waals surface area contributed by atoms with Crippen molar-refractivity contribution >= 4 is 0 Å². The van der Waals surface area contributed by atoms with E-state index in [9.17, 15) is 8.78 Å². The highest BCUT2D eigenvalue weighted by Gasteiger charge is 2.14. The molecule has 0 radical (unpaired) electrons. The second-order valence-electron chi connectivity index (χ2n) is 2.31. The van der Waals surface area contributed by atoms with Crippen molar-refractivity contribution in [3.8, 4) is 0 Å². The number of halogens is 2. The fourth-order valence-corrected chi connectivity index (χ4v) is 0.567. The van der Waals surface area contributed by atoms with Crippen LogP contribution in [-0.2, 0) is 0 Å². The van der Waals surface area contributed by atoms with E-state index in [2.05, 4.69) is 6.58 Å². The molecule has 1 nitrogen and oxygen atoms in total. The molecular formula is C7H13F2N. The molecule has 1 atom stereocenters. The summed E-state index contributed by atoms with van der Waals surface area (Å²) >= 11 is 0. The first kappa shape index (κ1) is 9.56. The van der Waals surface area contributed by atoms with Crippen LogP contribution in [0.3, 0.4) is 0 Å². The van der Waals surface area contributed by atoms with Crippen LogP contribution in [0.4, 0.5) is 8.78 Å². The van der Waals surface area contributed by atoms with Gasteiger partial charge >= 0.3 is 0 Å². The normalized spacial score (nSPS) is 13.7. The largest absolute Gasteiger partial charge is 0.323 e. The molecule has 0 heterocycles. The predicted octanol–water partition coefficient (Wildman–Crippen LogP) is 1.94. The zero-order valence-corrected chi connectivity index (χ0v) is 6.11. The van der Waals surface area contributed by atoms with E-state index in [1.807, 2.05) is 6.92 Å². The Balaban J connectivity index is 3.57. The average Bonchev–Trinajstić information content (AvgIpc) is 1.87. The summed E-state index contributed by atoms with van der Waals surface area (Å²) in [5.74, 6) is 0. The first-order valence-electron chi connectivity index (χ1n) is 3.28. The van der Waals surface area contributed by atoms with E-state index in [-0.39, 0.29) is 6.42 Å². The molecule has 2 N–H and O–H groups in total. The average molecular weight is 149 g/mol. The van der Waals surface area contributed by atoms with Gasteiger partial charge in [-0.3, -0.25) is 0 Å². The smallest absolute Gasteiger partial charge is 0.253 e. The van der Waals surface area contributed by atoms with Gasteiger partial charge < -0.3 is 5.73 Å². The molecule has 0 spiro atoms. The lowest BCUT2D eigenvalue weighted by atomic mass is 10.1. The number of hydrogen-bond acceptors (Lipinski definition) is 1. The lowest BCUT2D eigenvalue weighted by Gasteiger charge is -2.10. The summed E-state index contributed by atoms with van der Waals surface area (Å²) < 4.78 is 23.5. The van der Waals surface area contributed by atoms with E-state index in [4.69, 9.17) is 5.73 Å². The molecule has 0 amide bonds. The number of nitrogens with two attached hydrogens (primary N) is 1. The highest BCUT2D eigenvalue weighted by atomic mass is 19.3. The molecule has 0 fully saturated rings. The Hall–Kier alpha value is -0.440. The fraction of sp³-hybridized carbons (Fsp3) is 0.714. The molecule has 60 valence electrons. The minimum Gasteiger partial charge on any atom is -0.323 e. The topological polar surface area (TPSA) is 26.0 Å². The van der Waals surface area contributed by atoms with Crippen LogP contribution in [0.1, 0.15) is 19.8 Å². The Labute approximate surface area is 59.9 Å². The van der Waals surface area contributed by atoms with Gasteiger partial charge in [-0.25, -0.2) is 8.78 Å². The molecule has 0 aromatic heterocycles. The van der Waals surface area contributed by atoms with Crippen molar-refractivity contribution in [2.45, 2.75) is 32.2 Å². The summed E-state index contributed by atoms with van der Waals surface area (Å²) in [6, 6.07) is -1.03. The summed E-state index contributed by atoms with van der Waals surface area (Å²) in [5.41, 5.74) is 5.87. The Morgan fingerprint density at radius 1 is 1.60 bits per heavy atom. The quantitative estimate of drug-likeness (QED) is 0.607. The van der Waals surface area contributed by atoms with Gasteiger partial charge in [0.05, 0.1) is 6.04 Å². The van der Waals surface area contributed by atoms with Crippen LogP contribution in [0.5, 0.6) is 0 Å². The Bertz CT molecular complexity index is 112. The highest BCUT2D eigenvalue weighted by Crippen LogP contribution is 2.10. The predicted molar refractivity (Wildman–Crippen MR) is 38.0 cm³/mol. The highest BCUT2D eigenvalue weighted by molar-refractivity contribution is 4.96. The van der Waals surface area contributed by atoms with Gasteiger partial charge in [0.15, 0.2) is 0 Å². The number of rotatable bonds is 4. The van der Waals surface area contributed by atoms with Gasteiger partial charge in [-0.1, -0.05) is 19.1 Å². The molecule has 3 heteroatoms. The molecule has 0 saturated carbocycles. The second kappa shape index (κ2) is 4.39. The minimum atomic E-state index is -2.43. The van der Waals surface area contributed by atoms with Crippen molar-refractivity contribution in [3.63, 3.8) is 0 Å². The van der Waals surface area contributed by atoms with Crippen LogP contribution in [0.25, 0.3) is 0 Å². The first-order valence-corrected chi connectivity index (χ1v) is 3.28. The molecule has 0 aromatic carbocycles. The van der Waals surface area contributed by atoms with Crippen LogP contribution in [0.15, 0.2) is 12.2 Å². The Morgan fingerprint density at radius 3 is 2.40 bits per heavy atom. The van der Waals surface area contributed by atoms with E-state index in [1.165, 1.54) is 0 Å². The van der Waals surface area contributed by atoms with Crippen LogP contribution < -0.4 is 5.73 Å². The van der Waals surface area contributed by atoms with Crippen molar-refractivity contribution in [1.82, 2.24) is 0 Å². The van der Waals surface area contributed by atoms with Gasteiger partial charge in [0, 0.05) is 0 Å². The first-order chi connectivity index (χ1) is 4.57. The van der Waals surface area contributed by atoms with E-state index < -0.39 is 12.5 Å². The van der Waals surface area contributed by atoms with Crippen molar-refractivity contribution in [2.24, 2.45) is 5.73 Å². The third-order valence-corrected chi connectivity index (χ3v) is 1.35. The number of alkyl halides is 2. The second-order valence-corrected chi connectivity index (χ2v) is 2.31. The van der Waals surface area contributed by atoms with Crippen molar-refractivity contribution < 1.29 is 8.78 Å². The molecule has 0 aliphatic heterocycles. The lowest BCUT2D eigenvalue weighted by Crippen LogP contribution is -2.28. The van der Waals surface area contributed by atoms with E-state index in [0.29, 0.717) is 0 Å². The molecule has 0 aromatic rings. The van der Waals surface area contributed by atoms with Gasteiger partial charge in [-0.2, -0.15) is 0 Å². The third-order valence-electron chi connectivity index (χ3n) is 1.35. The maximum atomic E-state index is 11.8. The van der Waals surface area contributed by atoms with Gasteiger partial charge in [0.2, 0.25) is 0 Å². The van der Waals surface area contributed by atoms with Gasteiger partial charge in [0.25, 0.3) is 6.43 Å². The van der Waals surface area contributed by atoms with Gasteiger partial charge in [-0.15, -0.1) is 0 Å². The van der Waals surface area contributed by atoms with Crippen LogP contribution >= 0.6 is 0 Å². The molecule has 0 saturated heterocycles. The Kier molecular flexibility index (Phi) is 4.19. The summed E-state index contributed by atoms with van der Waals surface area (Å²) in [7, 11) is 0. The third kappa shape index (κ3) is 3.56. The maximum Gasteiger partial charge on any atom is 0.253 e. The molecule has 0 rings (SSSR count). The molecule has 1 unspecified atom stereocenters. The van der Waals surface area contributed by atoms with Crippen LogP contribution in [-0.4, -0.2) is 12.5 Å². The molecule has 10 heavy (non-hydrogen) atoms. The van der Waals surface area contributed by atoms with Crippen molar-refractivity contribution in [2.75, 3.05) is 0 Å². The molecule has 0 aliphatic rings.